The Morgan fingerprint density at radius 1 is 0.492 bits per heavy atom. The lowest BCUT2D eigenvalue weighted by atomic mass is 9.88. The number of rotatable bonds is 48. The predicted molar refractivity (Wildman–Crippen MR) is 268 cm³/mol. The quantitative estimate of drug-likeness (QED) is 0.0297. The van der Waals surface area contributed by atoms with Crippen LogP contribution in [0.1, 0.15) is 284 Å². The first-order valence-corrected chi connectivity index (χ1v) is 28.3. The molecule has 1 amide bonds. The standard InChI is InChI=1S/C55H108FNO8/c1-3-5-7-9-11-13-15-17-19-20-21-22-23-24-25-26-27-29-31-33-35-37-39-41-43-50(60)57-47(44-46(56)55-54(64)53(63)52(62)49(45-58)65-55)51(61)48(59)42-40-38-36-34-32-30-28-18-16-14-12-10-8-6-4-2/h46-49,51-55,58-59,61-64H,3-45H2,1-2H3,(H,57,60)/t46-,47+,48-,49-,51+,52+,53+,54-,55-/m1/s1. The topological polar surface area (TPSA) is 160 Å². The van der Waals surface area contributed by atoms with Crippen molar-refractivity contribution in [1.29, 1.82) is 0 Å². The van der Waals surface area contributed by atoms with Crippen molar-refractivity contribution in [3.05, 3.63) is 0 Å². The Morgan fingerprint density at radius 2 is 0.815 bits per heavy atom. The second kappa shape index (κ2) is 44.3. The summed E-state index contributed by atoms with van der Waals surface area (Å²) in [7, 11) is 0. The minimum atomic E-state index is -1.97. The van der Waals surface area contributed by atoms with E-state index >= 15 is 4.39 Å². The SMILES string of the molecule is CCCCCCCCCCCCCCCCCCCCCCCCCCC(=O)N[C@@H](C[C@@H](F)[C@H]1O[C@H](CO)[C@H](O)[C@H](O)[C@H]1O)[C@H](O)[C@H](O)CCCCCCCCCCCCCCCCC. The zero-order chi connectivity index (χ0) is 47.6. The van der Waals surface area contributed by atoms with Crippen molar-refractivity contribution in [1.82, 2.24) is 5.32 Å². The van der Waals surface area contributed by atoms with E-state index in [4.69, 9.17) is 4.74 Å². The normalized spacial score (nSPS) is 20.8. The molecule has 1 fully saturated rings. The Bertz CT molecular complexity index is 1020. The number of nitrogens with one attached hydrogen (secondary N) is 1. The highest BCUT2D eigenvalue weighted by atomic mass is 19.1. The van der Waals surface area contributed by atoms with Crippen LogP contribution in [-0.2, 0) is 9.53 Å². The molecule has 1 aliphatic rings. The Labute approximate surface area is 399 Å². The van der Waals surface area contributed by atoms with Gasteiger partial charge in [-0.15, -0.1) is 0 Å². The fraction of sp³-hybridized carbons (Fsp3) is 0.982. The van der Waals surface area contributed by atoms with Crippen molar-refractivity contribution < 1.29 is 44.6 Å². The Morgan fingerprint density at radius 3 is 1.15 bits per heavy atom. The van der Waals surface area contributed by atoms with E-state index in [1.165, 1.54) is 199 Å². The summed E-state index contributed by atoms with van der Waals surface area (Å²) < 4.78 is 21.3. The minimum absolute atomic E-state index is 0.217. The second-order valence-electron chi connectivity index (χ2n) is 20.4. The molecule has 1 rings (SSSR count). The van der Waals surface area contributed by atoms with Crippen LogP contribution >= 0.6 is 0 Å². The molecule has 65 heavy (non-hydrogen) atoms. The zero-order valence-corrected chi connectivity index (χ0v) is 42.5. The first-order chi connectivity index (χ1) is 31.7. The molecule has 10 heteroatoms. The summed E-state index contributed by atoms with van der Waals surface area (Å²) in [6.07, 6.45) is 36.9. The molecular weight excluding hydrogens is 822 g/mol. The van der Waals surface area contributed by atoms with Crippen LogP contribution in [0.3, 0.4) is 0 Å². The van der Waals surface area contributed by atoms with Crippen molar-refractivity contribution in [2.75, 3.05) is 6.61 Å². The molecule has 0 aliphatic carbocycles. The Hall–Kier alpha value is -0.880. The van der Waals surface area contributed by atoms with E-state index in [9.17, 15) is 35.4 Å². The van der Waals surface area contributed by atoms with E-state index in [-0.39, 0.29) is 12.3 Å². The van der Waals surface area contributed by atoms with Gasteiger partial charge in [0.2, 0.25) is 5.91 Å². The fourth-order valence-electron chi connectivity index (χ4n) is 9.78. The third kappa shape index (κ3) is 33.3. The number of alkyl halides is 1. The van der Waals surface area contributed by atoms with Crippen LogP contribution in [0, 0.1) is 0 Å². The molecule has 0 aromatic rings. The number of carbonyl (C=O) groups excluding carboxylic acids is 1. The first-order valence-electron chi connectivity index (χ1n) is 28.3. The molecule has 0 aromatic heterocycles. The van der Waals surface area contributed by atoms with Gasteiger partial charge in [0, 0.05) is 12.8 Å². The van der Waals surface area contributed by atoms with Crippen LogP contribution in [0.5, 0.6) is 0 Å². The van der Waals surface area contributed by atoms with Gasteiger partial charge in [-0.25, -0.2) is 4.39 Å². The number of hydrogen-bond acceptors (Lipinski definition) is 8. The summed E-state index contributed by atoms with van der Waals surface area (Å²) in [4.78, 5) is 13.1. The van der Waals surface area contributed by atoms with Gasteiger partial charge in [0.1, 0.15) is 42.8 Å². The fourth-order valence-corrected chi connectivity index (χ4v) is 9.78. The van der Waals surface area contributed by atoms with Crippen LogP contribution in [0.4, 0.5) is 4.39 Å². The highest BCUT2D eigenvalue weighted by molar-refractivity contribution is 5.76. The van der Waals surface area contributed by atoms with Gasteiger partial charge in [-0.05, 0) is 12.8 Å². The van der Waals surface area contributed by atoms with Crippen molar-refractivity contribution >= 4 is 5.91 Å². The second-order valence-corrected chi connectivity index (χ2v) is 20.4. The molecule has 7 N–H and O–H groups in total. The molecule has 0 unspecified atom stereocenters. The molecule has 1 saturated heterocycles. The maximum absolute atomic E-state index is 15.8. The third-order valence-electron chi connectivity index (χ3n) is 14.3. The lowest BCUT2D eigenvalue weighted by Gasteiger charge is -2.42. The maximum Gasteiger partial charge on any atom is 0.220 e. The highest BCUT2D eigenvalue weighted by Crippen LogP contribution is 2.28. The molecule has 0 radical (unpaired) electrons. The molecular formula is C55H108FNO8. The lowest BCUT2D eigenvalue weighted by Crippen LogP contribution is -2.61. The number of hydrogen-bond donors (Lipinski definition) is 7. The van der Waals surface area contributed by atoms with Crippen molar-refractivity contribution in [2.45, 2.75) is 338 Å². The van der Waals surface area contributed by atoms with Crippen LogP contribution in [0.15, 0.2) is 0 Å². The predicted octanol–water partition coefficient (Wildman–Crippen LogP) is 12.8. The molecule has 0 bridgehead atoms. The minimum Gasteiger partial charge on any atom is -0.394 e. The van der Waals surface area contributed by atoms with Crippen molar-refractivity contribution in [2.24, 2.45) is 0 Å². The molecule has 9 nitrogen and oxygen atoms in total. The van der Waals surface area contributed by atoms with Crippen LogP contribution in [0.25, 0.3) is 0 Å². The number of aliphatic hydroxyl groups is 6. The van der Waals surface area contributed by atoms with E-state index < -0.39 is 68.0 Å². The summed E-state index contributed by atoms with van der Waals surface area (Å²) in [5, 5.41) is 65.6. The van der Waals surface area contributed by atoms with Crippen LogP contribution in [0.2, 0.25) is 0 Å². The molecule has 388 valence electrons. The van der Waals surface area contributed by atoms with Gasteiger partial charge in [-0.1, -0.05) is 258 Å². The molecule has 9 atom stereocenters. The van der Waals surface area contributed by atoms with Gasteiger partial charge in [0.25, 0.3) is 0 Å². The zero-order valence-electron chi connectivity index (χ0n) is 42.5. The van der Waals surface area contributed by atoms with Gasteiger partial charge in [-0.2, -0.15) is 0 Å². The third-order valence-corrected chi connectivity index (χ3v) is 14.3. The van der Waals surface area contributed by atoms with E-state index in [0.29, 0.717) is 19.3 Å². The average Bonchev–Trinajstić information content (AvgIpc) is 3.30. The highest BCUT2D eigenvalue weighted by Gasteiger charge is 2.47. The number of carbonyl (C=O) groups is 1. The Kier molecular flexibility index (Phi) is 42.4. The number of aliphatic hydroxyl groups excluding tert-OH is 6. The molecule has 0 saturated carbocycles. The molecule has 1 heterocycles. The van der Waals surface area contributed by atoms with Crippen molar-refractivity contribution in [3.63, 3.8) is 0 Å². The van der Waals surface area contributed by atoms with Gasteiger partial charge in [0.15, 0.2) is 0 Å². The smallest absolute Gasteiger partial charge is 0.220 e. The molecule has 1 aliphatic heterocycles. The number of ether oxygens (including phenoxy) is 1. The van der Waals surface area contributed by atoms with Crippen molar-refractivity contribution in [3.8, 4) is 0 Å². The van der Waals surface area contributed by atoms with Gasteiger partial charge in [0.05, 0.1) is 18.8 Å². The monoisotopic (exact) mass is 930 g/mol. The van der Waals surface area contributed by atoms with E-state index in [1.54, 1.807) is 0 Å². The van der Waals surface area contributed by atoms with E-state index in [1.807, 2.05) is 0 Å². The first kappa shape index (κ1) is 62.1. The Balaban J connectivity index is 2.30. The summed E-state index contributed by atoms with van der Waals surface area (Å²) in [6.45, 7) is 3.85. The lowest BCUT2D eigenvalue weighted by molar-refractivity contribution is -0.243. The van der Waals surface area contributed by atoms with E-state index in [2.05, 4.69) is 19.2 Å². The summed E-state index contributed by atoms with van der Waals surface area (Å²) >= 11 is 0. The van der Waals surface area contributed by atoms with Gasteiger partial charge < -0.3 is 40.7 Å². The molecule has 0 aromatic carbocycles. The summed E-state index contributed by atoms with van der Waals surface area (Å²) in [6, 6.07) is -1.16. The number of unbranched alkanes of at least 4 members (excludes halogenated alkanes) is 37. The summed E-state index contributed by atoms with van der Waals surface area (Å²) in [5.41, 5.74) is 0. The largest absolute Gasteiger partial charge is 0.394 e. The van der Waals surface area contributed by atoms with Gasteiger partial charge >= 0.3 is 0 Å². The average molecular weight is 930 g/mol. The van der Waals surface area contributed by atoms with E-state index in [0.717, 1.165) is 38.5 Å². The summed E-state index contributed by atoms with van der Waals surface area (Å²) in [5.74, 6) is -0.340. The number of halogens is 1. The van der Waals surface area contributed by atoms with Gasteiger partial charge in [-0.3, -0.25) is 4.79 Å². The maximum atomic E-state index is 15.8. The number of amides is 1. The van der Waals surface area contributed by atoms with Crippen LogP contribution in [-0.4, -0.2) is 98.1 Å². The van der Waals surface area contributed by atoms with Crippen LogP contribution < -0.4 is 5.32 Å². The molecule has 0 spiro atoms.